The number of carboxylic acid groups (broad SMARTS) is 1. The Balaban J connectivity index is 1.75. The van der Waals surface area contributed by atoms with E-state index in [1.807, 2.05) is 18.2 Å². The van der Waals surface area contributed by atoms with E-state index in [2.05, 4.69) is 5.32 Å². The predicted molar refractivity (Wildman–Crippen MR) is 101 cm³/mol. The number of nitrogens with zero attached hydrogens (tertiary/aromatic N) is 1. The molecule has 2 amide bonds. The first-order chi connectivity index (χ1) is 13.2. The second-order valence-corrected chi connectivity index (χ2v) is 8.95. The lowest BCUT2D eigenvalue weighted by Gasteiger charge is -2.21. The highest BCUT2D eigenvalue weighted by molar-refractivity contribution is 7.91. The van der Waals surface area contributed by atoms with Gasteiger partial charge in [0.05, 0.1) is 18.4 Å². The lowest BCUT2D eigenvalue weighted by molar-refractivity contribution is -0.148. The number of hydrogen-bond donors (Lipinski definition) is 2. The van der Waals surface area contributed by atoms with Crippen molar-refractivity contribution in [1.82, 2.24) is 10.2 Å². The van der Waals surface area contributed by atoms with Gasteiger partial charge in [-0.05, 0) is 25.0 Å². The van der Waals surface area contributed by atoms with Crippen molar-refractivity contribution in [3.05, 3.63) is 30.3 Å². The van der Waals surface area contributed by atoms with Crippen LogP contribution in [0.25, 0.3) is 0 Å². The third kappa shape index (κ3) is 6.22. The highest BCUT2D eigenvalue weighted by atomic mass is 32.2. The van der Waals surface area contributed by atoms with Gasteiger partial charge in [-0.15, -0.1) is 0 Å². The molecular weight excluding hydrogens is 388 g/mol. The first-order valence-electron chi connectivity index (χ1n) is 8.84. The van der Waals surface area contributed by atoms with Crippen LogP contribution in [0.4, 0.5) is 0 Å². The predicted octanol–water partition coefficient (Wildman–Crippen LogP) is 0.0605. The SMILES string of the molecule is CS(=O)(=O)C1C[C@H](C(=O)O)N(C(=O)CNC(=O)CCCOc2ccccc2)C1. The number of ether oxygens (including phenoxy) is 1. The van der Waals surface area contributed by atoms with Gasteiger partial charge in [-0.1, -0.05) is 18.2 Å². The van der Waals surface area contributed by atoms with Crippen LogP contribution in [-0.4, -0.2) is 73.5 Å². The van der Waals surface area contributed by atoms with Crippen molar-refractivity contribution in [2.75, 3.05) is 26.0 Å². The average molecular weight is 412 g/mol. The molecule has 9 nitrogen and oxygen atoms in total. The zero-order valence-electron chi connectivity index (χ0n) is 15.5. The molecule has 1 unspecified atom stereocenters. The number of likely N-dealkylation sites (tertiary alicyclic amines) is 1. The molecule has 2 rings (SSSR count). The molecule has 0 aliphatic carbocycles. The van der Waals surface area contributed by atoms with Crippen LogP contribution in [0.5, 0.6) is 5.75 Å². The molecule has 0 radical (unpaired) electrons. The molecule has 1 aliphatic rings. The van der Waals surface area contributed by atoms with Gasteiger partial charge in [-0.3, -0.25) is 9.59 Å². The van der Waals surface area contributed by atoms with Crippen molar-refractivity contribution in [2.45, 2.75) is 30.6 Å². The molecule has 0 bridgehead atoms. The summed E-state index contributed by atoms with van der Waals surface area (Å²) in [4.78, 5) is 36.5. The highest BCUT2D eigenvalue weighted by Crippen LogP contribution is 2.23. The fourth-order valence-corrected chi connectivity index (χ4v) is 3.88. The number of rotatable bonds is 9. The van der Waals surface area contributed by atoms with Crippen molar-refractivity contribution in [3.8, 4) is 5.75 Å². The summed E-state index contributed by atoms with van der Waals surface area (Å²) in [6, 6.07) is 7.94. The van der Waals surface area contributed by atoms with E-state index in [0.29, 0.717) is 18.8 Å². The van der Waals surface area contributed by atoms with Crippen molar-refractivity contribution >= 4 is 27.6 Å². The van der Waals surface area contributed by atoms with E-state index in [9.17, 15) is 27.9 Å². The molecule has 28 heavy (non-hydrogen) atoms. The van der Waals surface area contributed by atoms with E-state index in [1.165, 1.54) is 0 Å². The minimum Gasteiger partial charge on any atom is -0.494 e. The number of benzene rings is 1. The largest absolute Gasteiger partial charge is 0.494 e. The van der Waals surface area contributed by atoms with Crippen LogP contribution in [0.2, 0.25) is 0 Å². The second kappa shape index (κ2) is 9.54. The molecule has 1 aliphatic heterocycles. The quantitative estimate of drug-likeness (QED) is 0.549. The number of aliphatic carboxylic acids is 1. The van der Waals surface area contributed by atoms with Gasteiger partial charge in [-0.2, -0.15) is 0 Å². The Hall–Kier alpha value is -2.62. The summed E-state index contributed by atoms with van der Waals surface area (Å²) >= 11 is 0. The Labute approximate surface area is 163 Å². The molecule has 2 N–H and O–H groups in total. The van der Waals surface area contributed by atoms with Crippen LogP contribution in [0, 0.1) is 0 Å². The van der Waals surface area contributed by atoms with Gasteiger partial charge >= 0.3 is 5.97 Å². The fraction of sp³-hybridized carbons (Fsp3) is 0.500. The van der Waals surface area contributed by atoms with Crippen LogP contribution >= 0.6 is 0 Å². The number of carbonyl (C=O) groups is 3. The minimum absolute atomic E-state index is 0.147. The Kier molecular flexibility index (Phi) is 7.38. The Bertz CT molecular complexity index is 810. The maximum atomic E-state index is 12.3. The van der Waals surface area contributed by atoms with E-state index in [4.69, 9.17) is 4.74 Å². The Morgan fingerprint density at radius 2 is 1.93 bits per heavy atom. The van der Waals surface area contributed by atoms with Crippen molar-refractivity contribution in [2.24, 2.45) is 0 Å². The number of amides is 2. The molecule has 0 saturated carbocycles. The molecule has 1 aromatic rings. The lowest BCUT2D eigenvalue weighted by Crippen LogP contribution is -2.45. The molecule has 1 saturated heterocycles. The lowest BCUT2D eigenvalue weighted by atomic mass is 10.2. The molecule has 2 atom stereocenters. The van der Waals surface area contributed by atoms with Crippen LogP contribution in [0.15, 0.2) is 30.3 Å². The standard InChI is InChI=1S/C18H24N2O7S/c1-28(25,26)14-10-15(18(23)24)20(12-14)17(22)11-19-16(21)8-5-9-27-13-6-3-2-4-7-13/h2-4,6-7,14-15H,5,8-12H2,1H3,(H,19,21)(H,23,24)/t14?,15-/m1/s1. The number of para-hydroxylation sites is 1. The summed E-state index contributed by atoms with van der Waals surface area (Å²) in [6.45, 7) is -0.220. The molecule has 1 fully saturated rings. The number of nitrogens with one attached hydrogen (secondary N) is 1. The second-order valence-electron chi connectivity index (χ2n) is 6.63. The monoisotopic (exact) mass is 412 g/mol. The average Bonchev–Trinajstić information content (AvgIpc) is 3.10. The maximum Gasteiger partial charge on any atom is 0.326 e. The van der Waals surface area contributed by atoms with Gasteiger partial charge in [0.25, 0.3) is 0 Å². The van der Waals surface area contributed by atoms with Crippen LogP contribution in [0.3, 0.4) is 0 Å². The van der Waals surface area contributed by atoms with E-state index in [0.717, 1.165) is 11.2 Å². The van der Waals surface area contributed by atoms with Crippen molar-refractivity contribution < 1.29 is 32.6 Å². The third-order valence-electron chi connectivity index (χ3n) is 4.47. The molecule has 1 aromatic carbocycles. The van der Waals surface area contributed by atoms with Gasteiger partial charge < -0.3 is 20.1 Å². The molecule has 10 heteroatoms. The van der Waals surface area contributed by atoms with Crippen LogP contribution in [-0.2, 0) is 24.2 Å². The van der Waals surface area contributed by atoms with Gasteiger partial charge in [0.1, 0.15) is 11.8 Å². The summed E-state index contributed by atoms with van der Waals surface area (Å²) in [5, 5.41) is 10.8. The number of sulfone groups is 1. The van der Waals surface area contributed by atoms with E-state index < -0.39 is 33.0 Å². The van der Waals surface area contributed by atoms with Crippen LogP contribution < -0.4 is 10.1 Å². The zero-order chi connectivity index (χ0) is 20.7. The minimum atomic E-state index is -3.46. The number of hydrogen-bond acceptors (Lipinski definition) is 6. The summed E-state index contributed by atoms with van der Waals surface area (Å²) in [5.41, 5.74) is 0. The maximum absolute atomic E-state index is 12.3. The molecule has 154 valence electrons. The zero-order valence-corrected chi connectivity index (χ0v) is 16.4. The fourth-order valence-electron chi connectivity index (χ4n) is 2.92. The highest BCUT2D eigenvalue weighted by Gasteiger charge is 2.43. The molecule has 0 aromatic heterocycles. The number of carbonyl (C=O) groups excluding carboxylic acids is 2. The molecule has 1 heterocycles. The Morgan fingerprint density at radius 3 is 2.54 bits per heavy atom. The van der Waals surface area contributed by atoms with E-state index in [-0.39, 0.29) is 31.8 Å². The van der Waals surface area contributed by atoms with Crippen molar-refractivity contribution in [1.29, 1.82) is 0 Å². The smallest absolute Gasteiger partial charge is 0.326 e. The summed E-state index contributed by atoms with van der Waals surface area (Å²) in [6.07, 6.45) is 1.47. The molecule has 0 spiro atoms. The third-order valence-corrected chi connectivity index (χ3v) is 6.02. The Morgan fingerprint density at radius 1 is 1.25 bits per heavy atom. The topological polar surface area (TPSA) is 130 Å². The van der Waals surface area contributed by atoms with Gasteiger partial charge in [0.15, 0.2) is 9.84 Å². The summed E-state index contributed by atoms with van der Waals surface area (Å²) < 4.78 is 28.8. The van der Waals surface area contributed by atoms with Gasteiger partial charge in [0.2, 0.25) is 11.8 Å². The van der Waals surface area contributed by atoms with Gasteiger partial charge in [0, 0.05) is 19.2 Å². The van der Waals surface area contributed by atoms with E-state index >= 15 is 0 Å². The van der Waals surface area contributed by atoms with Crippen LogP contribution in [0.1, 0.15) is 19.3 Å². The van der Waals surface area contributed by atoms with E-state index in [1.54, 1.807) is 12.1 Å². The normalized spacial score (nSPS) is 19.2. The summed E-state index contributed by atoms with van der Waals surface area (Å²) in [5.74, 6) is -1.54. The first kappa shape index (κ1) is 21.7. The number of carboxylic acids is 1. The van der Waals surface area contributed by atoms with Gasteiger partial charge in [-0.25, -0.2) is 13.2 Å². The summed E-state index contributed by atoms with van der Waals surface area (Å²) in [7, 11) is -3.46. The van der Waals surface area contributed by atoms with Crippen molar-refractivity contribution in [3.63, 3.8) is 0 Å². The first-order valence-corrected chi connectivity index (χ1v) is 10.8. The molecular formula is C18H24N2O7S.